The van der Waals surface area contributed by atoms with Gasteiger partial charge in [-0.1, -0.05) is 29.8 Å². The van der Waals surface area contributed by atoms with Crippen LogP contribution in [0.15, 0.2) is 30.3 Å². The molecule has 1 aromatic carbocycles. The van der Waals surface area contributed by atoms with E-state index in [0.717, 1.165) is 23.7 Å². The number of hydrogen-bond donors (Lipinski definition) is 0. The first kappa shape index (κ1) is 12.2. The number of nitrogens with zero attached hydrogens (tertiary/aromatic N) is 2. The van der Waals surface area contributed by atoms with Crippen LogP contribution in [-0.2, 0) is 0 Å². The van der Waals surface area contributed by atoms with Crippen LogP contribution in [0.2, 0.25) is 5.15 Å². The molecule has 3 nitrogen and oxygen atoms in total. The van der Waals surface area contributed by atoms with Gasteiger partial charge in [0.15, 0.2) is 0 Å². The molecule has 1 aliphatic carbocycles. The Morgan fingerprint density at radius 2 is 1.95 bits per heavy atom. The van der Waals surface area contributed by atoms with Gasteiger partial charge >= 0.3 is 0 Å². The van der Waals surface area contributed by atoms with Gasteiger partial charge in [0.2, 0.25) is 0 Å². The third-order valence-electron chi connectivity index (χ3n) is 4.00. The average molecular weight is 287 g/mol. The second-order valence-corrected chi connectivity index (χ2v) is 5.86. The highest BCUT2D eigenvalue weighted by Crippen LogP contribution is 2.41. The fourth-order valence-corrected chi connectivity index (χ4v) is 3.01. The normalized spacial score (nSPS) is 21.1. The molecule has 102 valence electrons. The molecule has 20 heavy (non-hydrogen) atoms. The van der Waals surface area contributed by atoms with Crippen molar-refractivity contribution < 1.29 is 4.74 Å². The van der Waals surface area contributed by atoms with Gasteiger partial charge < -0.3 is 4.74 Å². The van der Waals surface area contributed by atoms with E-state index in [1.165, 1.54) is 18.4 Å². The van der Waals surface area contributed by atoms with Gasteiger partial charge in [-0.15, -0.1) is 0 Å². The Hall–Kier alpha value is -1.61. The summed E-state index contributed by atoms with van der Waals surface area (Å²) in [5, 5.41) is 0.556. The number of aromatic nitrogens is 2. The number of para-hydroxylation sites is 1. The summed E-state index contributed by atoms with van der Waals surface area (Å²) in [7, 11) is 0. The first-order valence-corrected chi connectivity index (χ1v) is 7.45. The highest BCUT2D eigenvalue weighted by atomic mass is 35.5. The van der Waals surface area contributed by atoms with Gasteiger partial charge in [0, 0.05) is 17.2 Å². The molecule has 0 spiro atoms. The predicted octanol–water partition coefficient (Wildman–Crippen LogP) is 3.92. The third-order valence-corrected chi connectivity index (χ3v) is 4.19. The Morgan fingerprint density at radius 3 is 2.80 bits per heavy atom. The Balaban J connectivity index is 1.78. The minimum absolute atomic E-state index is 0.191. The lowest BCUT2D eigenvalue weighted by Gasteiger charge is -2.25. The van der Waals surface area contributed by atoms with Crippen LogP contribution in [-0.4, -0.2) is 16.6 Å². The van der Waals surface area contributed by atoms with Crippen LogP contribution in [0.3, 0.4) is 0 Å². The van der Waals surface area contributed by atoms with Crippen LogP contribution in [0.5, 0.6) is 5.75 Å². The van der Waals surface area contributed by atoms with Crippen molar-refractivity contribution in [2.45, 2.75) is 31.1 Å². The van der Waals surface area contributed by atoms with Crippen LogP contribution < -0.4 is 4.74 Å². The van der Waals surface area contributed by atoms with E-state index in [1.807, 2.05) is 24.3 Å². The quantitative estimate of drug-likeness (QED) is 0.785. The van der Waals surface area contributed by atoms with Crippen molar-refractivity contribution in [1.82, 2.24) is 9.97 Å². The first-order chi connectivity index (χ1) is 9.81. The van der Waals surface area contributed by atoms with Crippen molar-refractivity contribution in [3.8, 4) is 5.75 Å². The zero-order chi connectivity index (χ0) is 13.5. The smallest absolute Gasteiger partial charge is 0.138 e. The molecule has 1 aromatic heterocycles. The van der Waals surface area contributed by atoms with Crippen LogP contribution >= 0.6 is 11.6 Å². The molecular formula is C16H15ClN2O. The lowest BCUT2D eigenvalue weighted by molar-refractivity contribution is 0.274. The van der Waals surface area contributed by atoms with E-state index in [0.29, 0.717) is 17.7 Å². The summed E-state index contributed by atoms with van der Waals surface area (Å²) in [6.45, 7) is 0.705. The van der Waals surface area contributed by atoms with Crippen molar-refractivity contribution in [3.63, 3.8) is 0 Å². The van der Waals surface area contributed by atoms with Crippen molar-refractivity contribution in [2.75, 3.05) is 6.61 Å². The van der Waals surface area contributed by atoms with Crippen molar-refractivity contribution in [3.05, 3.63) is 52.6 Å². The number of ether oxygens (including phenoxy) is 1. The maximum Gasteiger partial charge on any atom is 0.138 e. The van der Waals surface area contributed by atoms with Gasteiger partial charge in [0.25, 0.3) is 0 Å². The summed E-state index contributed by atoms with van der Waals surface area (Å²) < 4.78 is 5.71. The summed E-state index contributed by atoms with van der Waals surface area (Å²) in [4.78, 5) is 9.23. The van der Waals surface area contributed by atoms with E-state index in [4.69, 9.17) is 21.3 Å². The number of benzene rings is 1. The van der Waals surface area contributed by atoms with Crippen LogP contribution in [0.25, 0.3) is 0 Å². The SMILES string of the molecule is Clc1cc(C2CC2)nc(C2CCOc3ccccc32)n1. The first-order valence-electron chi connectivity index (χ1n) is 7.07. The molecule has 2 heterocycles. The molecule has 0 amide bonds. The van der Waals surface area contributed by atoms with Gasteiger partial charge in [-0.05, 0) is 31.4 Å². The summed E-state index contributed by atoms with van der Waals surface area (Å²) in [5.41, 5.74) is 2.27. The van der Waals surface area contributed by atoms with Crippen molar-refractivity contribution in [1.29, 1.82) is 0 Å². The molecule has 0 N–H and O–H groups in total. The number of halogens is 1. The molecule has 1 fully saturated rings. The molecule has 2 aliphatic rings. The molecule has 1 saturated carbocycles. The molecule has 0 saturated heterocycles. The van der Waals surface area contributed by atoms with Crippen molar-refractivity contribution in [2.24, 2.45) is 0 Å². The zero-order valence-corrected chi connectivity index (χ0v) is 11.8. The highest BCUT2D eigenvalue weighted by Gasteiger charge is 2.29. The average Bonchev–Trinajstić information content (AvgIpc) is 3.30. The van der Waals surface area contributed by atoms with Crippen LogP contribution in [0.1, 0.15) is 48.2 Å². The van der Waals surface area contributed by atoms with Crippen molar-refractivity contribution >= 4 is 11.6 Å². The van der Waals surface area contributed by atoms with E-state index < -0.39 is 0 Å². The van der Waals surface area contributed by atoms with Gasteiger partial charge in [-0.2, -0.15) is 0 Å². The molecule has 4 rings (SSSR count). The lowest BCUT2D eigenvalue weighted by Crippen LogP contribution is -2.17. The Labute approximate surface area is 123 Å². The largest absolute Gasteiger partial charge is 0.493 e. The second kappa shape index (κ2) is 4.74. The molecule has 1 atom stereocenters. The van der Waals surface area contributed by atoms with Gasteiger partial charge in [0.1, 0.15) is 16.7 Å². The van der Waals surface area contributed by atoms with Gasteiger partial charge in [-0.3, -0.25) is 0 Å². The fourth-order valence-electron chi connectivity index (χ4n) is 2.81. The minimum atomic E-state index is 0.191. The Bertz CT molecular complexity index is 655. The summed E-state index contributed by atoms with van der Waals surface area (Å²) in [6, 6.07) is 10.0. The maximum absolute atomic E-state index is 6.19. The third kappa shape index (κ3) is 2.16. The monoisotopic (exact) mass is 286 g/mol. The summed E-state index contributed by atoms with van der Waals surface area (Å²) in [5.74, 6) is 2.57. The molecule has 0 radical (unpaired) electrons. The van der Waals surface area contributed by atoms with Gasteiger partial charge in [0.05, 0.1) is 12.5 Å². The molecule has 2 aromatic rings. The fraction of sp³-hybridized carbons (Fsp3) is 0.375. The minimum Gasteiger partial charge on any atom is -0.493 e. The number of fused-ring (bicyclic) bond motifs is 1. The Kier molecular flexibility index (Phi) is 2.88. The van der Waals surface area contributed by atoms with E-state index in [-0.39, 0.29) is 5.92 Å². The summed E-state index contributed by atoms with van der Waals surface area (Å²) >= 11 is 6.19. The van der Waals surface area contributed by atoms with E-state index in [1.54, 1.807) is 0 Å². The molecule has 4 heteroatoms. The Morgan fingerprint density at radius 1 is 1.10 bits per heavy atom. The number of rotatable bonds is 2. The number of hydrogen-bond acceptors (Lipinski definition) is 3. The van der Waals surface area contributed by atoms with E-state index >= 15 is 0 Å². The standard InChI is InChI=1S/C16H15ClN2O/c17-15-9-13(10-5-6-10)18-16(19-15)12-7-8-20-14-4-2-1-3-11(12)14/h1-4,9-10,12H,5-8H2. The topological polar surface area (TPSA) is 35.0 Å². The van der Waals surface area contributed by atoms with Crippen LogP contribution in [0.4, 0.5) is 0 Å². The molecule has 1 aliphatic heterocycles. The zero-order valence-electron chi connectivity index (χ0n) is 11.1. The molecular weight excluding hydrogens is 272 g/mol. The predicted molar refractivity (Wildman–Crippen MR) is 77.4 cm³/mol. The highest BCUT2D eigenvalue weighted by molar-refractivity contribution is 6.29. The van der Waals surface area contributed by atoms with Crippen LogP contribution in [0, 0.1) is 0 Å². The second-order valence-electron chi connectivity index (χ2n) is 5.48. The van der Waals surface area contributed by atoms with Gasteiger partial charge in [-0.25, -0.2) is 9.97 Å². The molecule has 1 unspecified atom stereocenters. The lowest BCUT2D eigenvalue weighted by atomic mass is 9.92. The van der Waals surface area contributed by atoms with E-state index in [9.17, 15) is 0 Å². The van der Waals surface area contributed by atoms with E-state index in [2.05, 4.69) is 11.1 Å². The maximum atomic E-state index is 6.19. The summed E-state index contributed by atoms with van der Waals surface area (Å²) in [6.07, 6.45) is 3.34. The molecule has 0 bridgehead atoms.